The molecule has 0 saturated carbocycles. The van der Waals surface area contributed by atoms with Crippen molar-refractivity contribution in [3.8, 4) is 0 Å². The van der Waals surface area contributed by atoms with Crippen LogP contribution in [0.4, 0.5) is 0 Å². The maximum atomic E-state index is 9.83. The Labute approximate surface area is 172 Å². The number of allylic oxidation sites excluding steroid dienone is 2. The quantitative estimate of drug-likeness (QED) is 0.238. The Morgan fingerprint density at radius 2 is 1.46 bits per heavy atom. The molecule has 0 aliphatic carbocycles. The largest absolute Gasteiger partial charge is 0.394 e. The lowest BCUT2D eigenvalue weighted by Gasteiger charge is -2.24. The van der Waals surface area contributed by atoms with Crippen molar-refractivity contribution < 1.29 is 24.8 Å². The fourth-order valence-electron chi connectivity index (χ4n) is 3.68. The lowest BCUT2D eigenvalue weighted by molar-refractivity contribution is -0.101. The molecule has 0 spiro atoms. The van der Waals surface area contributed by atoms with E-state index < -0.39 is 24.4 Å². The number of aliphatic hydroxyl groups is 3. The van der Waals surface area contributed by atoms with Gasteiger partial charge in [-0.05, 0) is 25.7 Å². The molecular formula is C23H44O5. The van der Waals surface area contributed by atoms with E-state index in [1.807, 2.05) is 0 Å². The summed E-state index contributed by atoms with van der Waals surface area (Å²) < 4.78 is 11.0. The molecule has 3 N–H and O–H groups in total. The van der Waals surface area contributed by atoms with Gasteiger partial charge < -0.3 is 24.8 Å². The maximum absolute atomic E-state index is 9.83. The van der Waals surface area contributed by atoms with Crippen LogP contribution in [0.2, 0.25) is 0 Å². The first-order chi connectivity index (χ1) is 13.7. The van der Waals surface area contributed by atoms with Crippen molar-refractivity contribution in [3.05, 3.63) is 12.2 Å². The van der Waals surface area contributed by atoms with Gasteiger partial charge in [-0.1, -0.05) is 76.9 Å². The predicted molar refractivity (Wildman–Crippen MR) is 113 cm³/mol. The van der Waals surface area contributed by atoms with Crippen LogP contribution in [0.3, 0.4) is 0 Å². The molecule has 0 unspecified atom stereocenters. The summed E-state index contributed by atoms with van der Waals surface area (Å²) in [6.45, 7) is 2.63. The number of hydrogen-bond donors (Lipinski definition) is 3. The van der Waals surface area contributed by atoms with Crippen molar-refractivity contribution in [2.75, 3.05) is 19.8 Å². The molecule has 0 aromatic heterocycles. The molecular weight excluding hydrogens is 356 g/mol. The van der Waals surface area contributed by atoms with Gasteiger partial charge in [-0.25, -0.2) is 0 Å². The van der Waals surface area contributed by atoms with E-state index in [-0.39, 0.29) is 13.2 Å². The second kappa shape index (κ2) is 17.4. The zero-order valence-electron chi connectivity index (χ0n) is 17.9. The Balaban J connectivity index is 1.84. The summed E-state index contributed by atoms with van der Waals surface area (Å²) in [5.41, 5.74) is 0. The van der Waals surface area contributed by atoms with Crippen molar-refractivity contribution in [2.24, 2.45) is 0 Å². The standard InChI is InChI=1S/C23H44O5/c1-2-3-4-5-6-7-8-9-10-11-12-13-14-15-16-17-27-21(18-24)23-22(26)20(25)19-28-23/h3-4,20-26H,2,5-19H2,1H3/b4-3+/t20-,21+,22-,23-/m1/s1. The molecule has 4 atom stereocenters. The molecule has 28 heavy (non-hydrogen) atoms. The van der Waals surface area contributed by atoms with Crippen LogP contribution in [0.1, 0.15) is 90.4 Å². The van der Waals surface area contributed by atoms with Crippen LogP contribution in [-0.4, -0.2) is 59.6 Å². The van der Waals surface area contributed by atoms with E-state index in [1.54, 1.807) is 0 Å². The minimum absolute atomic E-state index is 0.0992. The topological polar surface area (TPSA) is 79.2 Å². The molecule has 1 aliphatic heterocycles. The maximum Gasteiger partial charge on any atom is 0.114 e. The molecule has 0 aromatic rings. The van der Waals surface area contributed by atoms with Crippen LogP contribution in [0, 0.1) is 0 Å². The molecule has 1 saturated heterocycles. The van der Waals surface area contributed by atoms with Crippen LogP contribution >= 0.6 is 0 Å². The van der Waals surface area contributed by atoms with Crippen molar-refractivity contribution in [1.29, 1.82) is 0 Å². The van der Waals surface area contributed by atoms with E-state index in [4.69, 9.17) is 9.47 Å². The van der Waals surface area contributed by atoms with Crippen LogP contribution < -0.4 is 0 Å². The minimum atomic E-state index is -0.977. The van der Waals surface area contributed by atoms with E-state index in [9.17, 15) is 15.3 Å². The van der Waals surface area contributed by atoms with Gasteiger partial charge in [-0.3, -0.25) is 0 Å². The van der Waals surface area contributed by atoms with Gasteiger partial charge in [0.25, 0.3) is 0 Å². The first kappa shape index (κ1) is 25.6. The molecule has 1 aliphatic rings. The second-order valence-electron chi connectivity index (χ2n) is 8.01. The van der Waals surface area contributed by atoms with E-state index in [0.717, 1.165) is 19.3 Å². The summed E-state index contributed by atoms with van der Waals surface area (Å²) in [4.78, 5) is 0. The van der Waals surface area contributed by atoms with Crippen molar-refractivity contribution in [1.82, 2.24) is 0 Å². The normalized spacial score (nSPS) is 23.6. The molecule has 1 heterocycles. The van der Waals surface area contributed by atoms with Crippen LogP contribution in [0.5, 0.6) is 0 Å². The molecule has 0 amide bonds. The zero-order chi connectivity index (χ0) is 20.5. The van der Waals surface area contributed by atoms with Gasteiger partial charge in [0.2, 0.25) is 0 Å². The van der Waals surface area contributed by atoms with Gasteiger partial charge in [0.1, 0.15) is 24.4 Å². The highest BCUT2D eigenvalue weighted by Crippen LogP contribution is 2.20. The van der Waals surface area contributed by atoms with Gasteiger partial charge in [0.05, 0.1) is 13.2 Å². The predicted octanol–water partition coefficient (Wildman–Crippen LogP) is 4.13. The van der Waals surface area contributed by atoms with Gasteiger partial charge in [0, 0.05) is 6.61 Å². The molecule has 166 valence electrons. The van der Waals surface area contributed by atoms with E-state index in [1.165, 1.54) is 64.2 Å². The third-order valence-electron chi connectivity index (χ3n) is 5.49. The average molecular weight is 401 g/mol. The average Bonchev–Trinajstić information content (AvgIpc) is 3.03. The molecule has 5 nitrogen and oxygen atoms in total. The SMILES string of the molecule is CC/C=C/CCCCCCCCCCCCCO[C@@H](CO)[C@H]1OC[C@@H](O)[C@H]1O. The summed E-state index contributed by atoms with van der Waals surface area (Å²) >= 11 is 0. The summed E-state index contributed by atoms with van der Waals surface area (Å²) in [6.07, 6.45) is 18.0. The van der Waals surface area contributed by atoms with Crippen LogP contribution in [0.25, 0.3) is 0 Å². The Bertz CT molecular complexity index is 374. The Morgan fingerprint density at radius 1 is 0.893 bits per heavy atom. The number of aliphatic hydroxyl groups excluding tert-OH is 3. The van der Waals surface area contributed by atoms with Crippen molar-refractivity contribution in [2.45, 2.75) is 115 Å². The monoisotopic (exact) mass is 400 g/mol. The zero-order valence-corrected chi connectivity index (χ0v) is 17.9. The van der Waals surface area contributed by atoms with E-state index in [2.05, 4.69) is 19.1 Å². The van der Waals surface area contributed by atoms with Crippen molar-refractivity contribution in [3.63, 3.8) is 0 Å². The summed E-state index contributed by atoms with van der Waals surface area (Å²) in [6, 6.07) is 0. The highest BCUT2D eigenvalue weighted by atomic mass is 16.6. The summed E-state index contributed by atoms with van der Waals surface area (Å²) in [5.74, 6) is 0. The highest BCUT2D eigenvalue weighted by Gasteiger charge is 2.40. The second-order valence-corrected chi connectivity index (χ2v) is 8.01. The van der Waals surface area contributed by atoms with Gasteiger partial charge in [0.15, 0.2) is 0 Å². The molecule has 0 aromatic carbocycles. The molecule has 1 fully saturated rings. The fourth-order valence-corrected chi connectivity index (χ4v) is 3.68. The minimum Gasteiger partial charge on any atom is -0.394 e. The van der Waals surface area contributed by atoms with E-state index in [0.29, 0.717) is 6.61 Å². The number of rotatable bonds is 18. The lowest BCUT2D eigenvalue weighted by Crippen LogP contribution is -2.42. The molecule has 1 rings (SSSR count). The Kier molecular flexibility index (Phi) is 15.9. The highest BCUT2D eigenvalue weighted by molar-refractivity contribution is 4.88. The van der Waals surface area contributed by atoms with Crippen LogP contribution in [0.15, 0.2) is 12.2 Å². The molecule has 0 radical (unpaired) electrons. The Hall–Kier alpha value is -0.460. The third kappa shape index (κ3) is 11.5. The summed E-state index contributed by atoms with van der Waals surface area (Å²) in [5, 5.41) is 28.8. The third-order valence-corrected chi connectivity index (χ3v) is 5.49. The number of ether oxygens (including phenoxy) is 2. The molecule has 0 bridgehead atoms. The molecule has 5 heteroatoms. The number of unbranched alkanes of at least 4 members (excludes halogenated alkanes) is 11. The lowest BCUT2D eigenvalue weighted by atomic mass is 10.0. The summed E-state index contributed by atoms with van der Waals surface area (Å²) in [7, 11) is 0. The van der Waals surface area contributed by atoms with Gasteiger partial charge in [-0.2, -0.15) is 0 Å². The van der Waals surface area contributed by atoms with Crippen molar-refractivity contribution >= 4 is 0 Å². The Morgan fingerprint density at radius 3 is 1.96 bits per heavy atom. The first-order valence-electron chi connectivity index (χ1n) is 11.6. The van der Waals surface area contributed by atoms with E-state index >= 15 is 0 Å². The van der Waals surface area contributed by atoms with Crippen LogP contribution in [-0.2, 0) is 9.47 Å². The van der Waals surface area contributed by atoms with Gasteiger partial charge >= 0.3 is 0 Å². The smallest absolute Gasteiger partial charge is 0.114 e. The first-order valence-corrected chi connectivity index (χ1v) is 11.6. The number of hydrogen-bond acceptors (Lipinski definition) is 5. The van der Waals surface area contributed by atoms with Gasteiger partial charge in [-0.15, -0.1) is 0 Å². The fraction of sp³-hybridized carbons (Fsp3) is 0.913.